The first kappa shape index (κ1) is 24.6. The Balaban J connectivity index is 1.31. The average molecular weight is 526 g/mol. The van der Waals surface area contributed by atoms with Gasteiger partial charge in [0.25, 0.3) is 11.6 Å². The summed E-state index contributed by atoms with van der Waals surface area (Å²) in [6.45, 7) is 4.12. The highest BCUT2D eigenvalue weighted by Gasteiger charge is 2.76. The molecule has 4 heterocycles. The number of carbonyl (C=O) groups excluding carboxylic acids is 3. The monoisotopic (exact) mass is 525 g/mol. The van der Waals surface area contributed by atoms with E-state index in [-0.39, 0.29) is 55.1 Å². The molecule has 1 aromatic rings. The highest BCUT2D eigenvalue weighted by atomic mass is 16.5. The van der Waals surface area contributed by atoms with Crippen molar-refractivity contribution in [1.29, 1.82) is 0 Å². The van der Waals surface area contributed by atoms with Crippen molar-refractivity contribution in [2.24, 2.45) is 16.5 Å². The number of carbonyl (C=O) groups is 3. The maximum absolute atomic E-state index is 13.5. The summed E-state index contributed by atoms with van der Waals surface area (Å²) in [5.41, 5.74) is 13.2. The lowest BCUT2D eigenvalue weighted by molar-refractivity contribution is -0.521. The molecule has 13 heteroatoms. The standard InChI is InChI=1S/C25H32N8O5/c1-23(2)9-8-12-13(4-3-5-14(12)23)20(36)29-16-11-33-22(27)28-15(10-32-17(34)6-7-18(32)35)19-24(33,25(16,37)38)31-21(26)30-19/h3-5,15-16,19,37-38H,6-11H2,1-2H3,(H2,27,28)(H,29,36)(H3,26,30,31)/p+1/t15-,16?,19-,24?/m0/s1. The van der Waals surface area contributed by atoms with Crippen LogP contribution in [-0.2, 0) is 21.4 Å². The van der Waals surface area contributed by atoms with Gasteiger partial charge in [0.05, 0.1) is 13.1 Å². The summed E-state index contributed by atoms with van der Waals surface area (Å²) in [7, 11) is 0. The Kier molecular flexibility index (Phi) is 5.12. The topological polar surface area (TPSA) is 201 Å². The number of hydrogen-bond donors (Lipinski definition) is 7. The molecule has 1 aromatic carbocycles. The van der Waals surface area contributed by atoms with E-state index in [4.69, 9.17) is 11.5 Å². The SMILES string of the molecule is CC1(C)CCc2c(C(=O)NC3CN4C(N)=N[C@@H](CN5C(=O)CCC5=O)[C@@H]5[NH+]=C(N)NC54C3(O)O)cccc21. The molecule has 0 aromatic heterocycles. The average Bonchev–Trinajstić information content (AvgIpc) is 3.54. The Morgan fingerprint density at radius 3 is 2.63 bits per heavy atom. The molecule has 4 aliphatic heterocycles. The smallest absolute Gasteiger partial charge is 0.343 e. The molecule has 3 amide bonds. The van der Waals surface area contributed by atoms with Crippen LogP contribution >= 0.6 is 0 Å². The number of benzene rings is 1. The Morgan fingerprint density at radius 1 is 1.21 bits per heavy atom. The van der Waals surface area contributed by atoms with Gasteiger partial charge in [-0.25, -0.2) is 10.3 Å². The second-order valence-corrected chi connectivity index (χ2v) is 11.5. The minimum Gasteiger partial charge on any atom is -0.370 e. The van der Waals surface area contributed by atoms with Crippen LogP contribution in [0.15, 0.2) is 23.2 Å². The van der Waals surface area contributed by atoms with E-state index in [0.29, 0.717) is 5.56 Å². The fraction of sp³-hybridized carbons (Fsp3) is 0.560. The summed E-state index contributed by atoms with van der Waals surface area (Å²) in [6, 6.07) is 2.74. The number of fused-ring (bicyclic) bond motifs is 1. The van der Waals surface area contributed by atoms with Crippen LogP contribution in [-0.4, -0.2) is 92.3 Å². The first-order chi connectivity index (χ1) is 17.9. The van der Waals surface area contributed by atoms with E-state index >= 15 is 0 Å². The van der Waals surface area contributed by atoms with Crippen molar-refractivity contribution < 1.29 is 29.6 Å². The molecule has 9 N–H and O–H groups in total. The molecular formula is C25H33N8O5+. The van der Waals surface area contributed by atoms with Crippen LogP contribution in [0.2, 0.25) is 0 Å². The second kappa shape index (κ2) is 7.90. The largest absolute Gasteiger partial charge is 0.370 e. The maximum atomic E-state index is 13.5. The molecule has 38 heavy (non-hydrogen) atoms. The zero-order valence-electron chi connectivity index (χ0n) is 21.3. The van der Waals surface area contributed by atoms with Gasteiger partial charge in [-0.15, -0.1) is 0 Å². The van der Waals surface area contributed by atoms with Crippen LogP contribution in [0, 0.1) is 0 Å². The molecular weight excluding hydrogens is 492 g/mol. The molecule has 13 nitrogen and oxygen atoms in total. The third kappa shape index (κ3) is 3.21. The number of likely N-dealkylation sites (tertiary alicyclic amines) is 1. The van der Waals surface area contributed by atoms with Crippen molar-refractivity contribution in [3.05, 3.63) is 34.9 Å². The summed E-state index contributed by atoms with van der Waals surface area (Å²) in [4.78, 5) is 48.1. The maximum Gasteiger partial charge on any atom is 0.343 e. The van der Waals surface area contributed by atoms with Gasteiger partial charge in [-0.3, -0.25) is 34.9 Å². The van der Waals surface area contributed by atoms with Crippen molar-refractivity contribution >= 4 is 29.6 Å². The van der Waals surface area contributed by atoms with E-state index in [0.717, 1.165) is 28.9 Å². The van der Waals surface area contributed by atoms with Gasteiger partial charge < -0.3 is 21.3 Å². The summed E-state index contributed by atoms with van der Waals surface area (Å²) in [6.07, 6.45) is 1.90. The van der Waals surface area contributed by atoms with Gasteiger partial charge in [-0.05, 0) is 35.4 Å². The predicted molar refractivity (Wildman–Crippen MR) is 134 cm³/mol. The molecule has 2 unspecified atom stereocenters. The van der Waals surface area contributed by atoms with Gasteiger partial charge >= 0.3 is 5.96 Å². The Labute approximate surface area is 218 Å². The van der Waals surface area contributed by atoms with Crippen molar-refractivity contribution in [1.82, 2.24) is 20.4 Å². The van der Waals surface area contributed by atoms with E-state index in [1.165, 1.54) is 4.90 Å². The molecule has 2 fully saturated rings. The van der Waals surface area contributed by atoms with E-state index in [2.05, 4.69) is 34.5 Å². The lowest BCUT2D eigenvalue weighted by atomic mass is 9.84. The highest BCUT2D eigenvalue weighted by molar-refractivity contribution is 6.02. The normalized spacial score (nSPS) is 32.4. The number of aliphatic hydroxyl groups is 2. The van der Waals surface area contributed by atoms with Crippen molar-refractivity contribution in [3.8, 4) is 0 Å². The number of hydrogen-bond acceptors (Lipinski definition) is 10. The number of nitrogens with zero attached hydrogens (tertiary/aromatic N) is 3. The van der Waals surface area contributed by atoms with E-state index in [1.54, 1.807) is 6.07 Å². The van der Waals surface area contributed by atoms with Gasteiger partial charge in [0.1, 0.15) is 12.1 Å². The van der Waals surface area contributed by atoms with Gasteiger partial charge in [0, 0.05) is 18.4 Å². The quantitative estimate of drug-likeness (QED) is 0.151. The van der Waals surface area contributed by atoms with E-state index < -0.39 is 35.5 Å². The Hall–Kier alpha value is -3.71. The molecule has 2 saturated heterocycles. The number of imide groups is 1. The molecule has 0 radical (unpaired) electrons. The molecule has 0 saturated carbocycles. The lowest BCUT2D eigenvalue weighted by Gasteiger charge is -2.46. The number of guanidine groups is 2. The first-order valence-electron chi connectivity index (χ1n) is 12.9. The highest BCUT2D eigenvalue weighted by Crippen LogP contribution is 2.42. The van der Waals surface area contributed by atoms with Crippen LogP contribution in [0.1, 0.15) is 54.6 Å². The Morgan fingerprint density at radius 2 is 1.92 bits per heavy atom. The number of amides is 3. The fourth-order valence-corrected chi connectivity index (χ4v) is 6.85. The van der Waals surface area contributed by atoms with Crippen LogP contribution in [0.25, 0.3) is 0 Å². The van der Waals surface area contributed by atoms with Crippen LogP contribution in [0.5, 0.6) is 0 Å². The molecule has 0 bridgehead atoms. The van der Waals surface area contributed by atoms with Gasteiger partial charge in [0.2, 0.25) is 17.6 Å². The van der Waals surface area contributed by atoms with E-state index in [1.807, 2.05) is 12.1 Å². The van der Waals surface area contributed by atoms with Gasteiger partial charge in [-0.2, -0.15) is 0 Å². The molecule has 1 spiro atoms. The minimum atomic E-state index is -2.57. The number of aliphatic imine (C=N–C) groups is 1. The van der Waals surface area contributed by atoms with E-state index in [9.17, 15) is 24.6 Å². The third-order valence-electron chi connectivity index (χ3n) is 8.86. The summed E-state index contributed by atoms with van der Waals surface area (Å²) in [5, 5.41) is 29.1. The number of nitrogens with two attached hydrogens (primary N) is 2. The molecule has 4 atom stereocenters. The van der Waals surface area contributed by atoms with Gasteiger partial charge in [-0.1, -0.05) is 26.0 Å². The Bertz CT molecular complexity index is 1310. The number of nitrogens with one attached hydrogen (secondary N) is 3. The van der Waals surface area contributed by atoms with Crippen LogP contribution in [0.3, 0.4) is 0 Å². The summed E-state index contributed by atoms with van der Waals surface area (Å²) >= 11 is 0. The number of rotatable bonds is 4. The summed E-state index contributed by atoms with van der Waals surface area (Å²) in [5.74, 6) is -3.61. The van der Waals surface area contributed by atoms with Crippen molar-refractivity contribution in [2.45, 2.75) is 74.5 Å². The van der Waals surface area contributed by atoms with Gasteiger partial charge in [0.15, 0.2) is 12.0 Å². The first-order valence-corrected chi connectivity index (χ1v) is 12.9. The zero-order valence-corrected chi connectivity index (χ0v) is 21.3. The van der Waals surface area contributed by atoms with Crippen LogP contribution < -0.4 is 27.1 Å². The predicted octanol–water partition coefficient (Wildman–Crippen LogP) is -4.09. The van der Waals surface area contributed by atoms with Crippen molar-refractivity contribution in [2.75, 3.05) is 13.1 Å². The molecule has 5 aliphatic rings. The zero-order chi connectivity index (χ0) is 27.2. The molecule has 1 aliphatic carbocycles. The second-order valence-electron chi connectivity index (χ2n) is 11.5. The minimum absolute atomic E-state index is 0.0269. The lowest BCUT2D eigenvalue weighted by Crippen LogP contribution is -2.90. The molecule has 202 valence electrons. The van der Waals surface area contributed by atoms with Crippen molar-refractivity contribution in [3.63, 3.8) is 0 Å². The van der Waals surface area contributed by atoms with Crippen LogP contribution in [0.4, 0.5) is 0 Å². The molecule has 6 rings (SSSR count). The third-order valence-corrected chi connectivity index (χ3v) is 8.86. The fourth-order valence-electron chi connectivity index (χ4n) is 6.85. The summed E-state index contributed by atoms with van der Waals surface area (Å²) < 4.78 is 0.